The van der Waals surface area contributed by atoms with Crippen LogP contribution in [-0.2, 0) is 0 Å². The molecule has 22 heavy (non-hydrogen) atoms. The molecule has 0 heterocycles. The fourth-order valence-corrected chi connectivity index (χ4v) is 1.94. The van der Waals surface area contributed by atoms with Gasteiger partial charge in [0.25, 0.3) is 0 Å². The first kappa shape index (κ1) is 17.9. The smallest absolute Gasteiger partial charge is 0.314 e. The van der Waals surface area contributed by atoms with Gasteiger partial charge in [-0.1, -0.05) is 25.8 Å². The molecule has 0 saturated heterocycles. The van der Waals surface area contributed by atoms with Crippen molar-refractivity contribution in [3.8, 4) is 17.2 Å². The van der Waals surface area contributed by atoms with Gasteiger partial charge in [-0.3, -0.25) is 0 Å². The zero-order chi connectivity index (χ0) is 16.2. The lowest BCUT2D eigenvalue weighted by atomic mass is 10.2. The summed E-state index contributed by atoms with van der Waals surface area (Å²) in [5.74, 6) is 1.75. The molecule has 1 rings (SSSR count). The van der Waals surface area contributed by atoms with Gasteiger partial charge in [-0.2, -0.15) is 0 Å². The summed E-state index contributed by atoms with van der Waals surface area (Å²) in [6, 6.07) is 5.25. The third-order valence-electron chi connectivity index (χ3n) is 3.08. The predicted octanol–water partition coefficient (Wildman–Crippen LogP) is 2.57. The summed E-state index contributed by atoms with van der Waals surface area (Å²) < 4.78 is 16.1. The molecule has 0 unspecified atom stereocenters. The molecule has 0 bridgehead atoms. The molecule has 0 aliphatic heterocycles. The average Bonchev–Trinajstić information content (AvgIpc) is 2.55. The van der Waals surface area contributed by atoms with Gasteiger partial charge in [-0.25, -0.2) is 4.79 Å². The fraction of sp³-hybridized carbons (Fsp3) is 0.562. The molecule has 0 saturated carbocycles. The zero-order valence-corrected chi connectivity index (χ0v) is 13.6. The maximum absolute atomic E-state index is 11.5. The summed E-state index contributed by atoms with van der Waals surface area (Å²) in [5.41, 5.74) is 0. The summed E-state index contributed by atoms with van der Waals surface area (Å²) >= 11 is 0. The van der Waals surface area contributed by atoms with Crippen LogP contribution in [0.5, 0.6) is 17.2 Å². The first-order valence-electron chi connectivity index (χ1n) is 7.58. The van der Waals surface area contributed by atoms with Gasteiger partial charge in [-0.15, -0.1) is 0 Å². The SMILES string of the molecule is CCCCCNC(=O)NCCOc1cccc(OC)c1OC. The molecule has 2 amide bonds. The number of urea groups is 1. The number of rotatable bonds is 10. The van der Waals surface area contributed by atoms with Gasteiger partial charge < -0.3 is 24.8 Å². The van der Waals surface area contributed by atoms with Gasteiger partial charge in [0, 0.05) is 6.54 Å². The number of benzene rings is 1. The van der Waals surface area contributed by atoms with Crippen LogP contribution in [0.25, 0.3) is 0 Å². The Balaban J connectivity index is 2.28. The Morgan fingerprint density at radius 2 is 1.77 bits per heavy atom. The van der Waals surface area contributed by atoms with Crippen LogP contribution in [0.4, 0.5) is 4.79 Å². The molecule has 2 N–H and O–H groups in total. The second-order valence-electron chi connectivity index (χ2n) is 4.73. The molecule has 0 aliphatic carbocycles. The van der Waals surface area contributed by atoms with E-state index in [0.29, 0.717) is 36.9 Å². The topological polar surface area (TPSA) is 68.8 Å². The van der Waals surface area contributed by atoms with Crippen molar-refractivity contribution in [2.24, 2.45) is 0 Å². The van der Waals surface area contributed by atoms with Gasteiger partial charge in [0.15, 0.2) is 11.5 Å². The summed E-state index contributed by atoms with van der Waals surface area (Å²) in [4.78, 5) is 11.5. The molecular formula is C16H26N2O4. The van der Waals surface area contributed by atoms with Crippen LogP contribution in [0.15, 0.2) is 18.2 Å². The van der Waals surface area contributed by atoms with E-state index >= 15 is 0 Å². The number of carbonyl (C=O) groups excluding carboxylic acids is 1. The number of methoxy groups -OCH3 is 2. The van der Waals surface area contributed by atoms with Gasteiger partial charge in [0.2, 0.25) is 5.75 Å². The van der Waals surface area contributed by atoms with Crippen molar-refractivity contribution in [1.29, 1.82) is 0 Å². The Morgan fingerprint density at radius 3 is 2.45 bits per heavy atom. The lowest BCUT2D eigenvalue weighted by Gasteiger charge is -2.13. The van der Waals surface area contributed by atoms with Gasteiger partial charge in [0.1, 0.15) is 6.61 Å². The highest BCUT2D eigenvalue weighted by molar-refractivity contribution is 5.73. The lowest BCUT2D eigenvalue weighted by molar-refractivity contribution is 0.235. The molecule has 1 aromatic carbocycles. The highest BCUT2D eigenvalue weighted by Gasteiger charge is 2.10. The third-order valence-corrected chi connectivity index (χ3v) is 3.08. The zero-order valence-electron chi connectivity index (χ0n) is 13.6. The van der Waals surface area contributed by atoms with Gasteiger partial charge in [0.05, 0.1) is 20.8 Å². The van der Waals surface area contributed by atoms with Gasteiger partial charge in [-0.05, 0) is 18.6 Å². The van der Waals surface area contributed by atoms with E-state index in [-0.39, 0.29) is 6.03 Å². The third kappa shape index (κ3) is 6.11. The molecular weight excluding hydrogens is 284 g/mol. The van der Waals surface area contributed by atoms with E-state index in [9.17, 15) is 4.79 Å². The molecule has 6 heteroatoms. The van der Waals surface area contributed by atoms with Crippen LogP contribution < -0.4 is 24.8 Å². The second-order valence-corrected chi connectivity index (χ2v) is 4.73. The minimum atomic E-state index is -0.169. The normalized spacial score (nSPS) is 9.95. The number of hydrogen-bond donors (Lipinski definition) is 2. The Hall–Kier alpha value is -2.11. The number of carbonyl (C=O) groups is 1. The summed E-state index contributed by atoms with van der Waals surface area (Å²) in [6.45, 7) is 3.60. The van der Waals surface area contributed by atoms with Crippen LogP contribution in [0.2, 0.25) is 0 Å². The lowest BCUT2D eigenvalue weighted by Crippen LogP contribution is -2.38. The number of hydrogen-bond acceptors (Lipinski definition) is 4. The maximum atomic E-state index is 11.5. The molecule has 0 spiro atoms. The fourth-order valence-electron chi connectivity index (χ4n) is 1.94. The van der Waals surface area contributed by atoms with Crippen molar-refractivity contribution in [1.82, 2.24) is 10.6 Å². The number of unbranched alkanes of at least 4 members (excludes halogenated alkanes) is 2. The first-order chi connectivity index (χ1) is 10.7. The molecule has 0 atom stereocenters. The van der Waals surface area contributed by atoms with E-state index in [1.165, 1.54) is 0 Å². The Morgan fingerprint density at radius 1 is 1.05 bits per heavy atom. The average molecular weight is 310 g/mol. The number of ether oxygens (including phenoxy) is 3. The van der Waals surface area contributed by atoms with Crippen LogP contribution in [0.1, 0.15) is 26.2 Å². The highest BCUT2D eigenvalue weighted by Crippen LogP contribution is 2.36. The molecule has 0 aliphatic rings. The van der Waals surface area contributed by atoms with Crippen LogP contribution >= 0.6 is 0 Å². The molecule has 6 nitrogen and oxygen atoms in total. The predicted molar refractivity (Wildman–Crippen MR) is 86.0 cm³/mol. The minimum absolute atomic E-state index is 0.169. The number of nitrogens with one attached hydrogen (secondary N) is 2. The van der Waals surface area contributed by atoms with Crippen LogP contribution in [-0.4, -0.2) is 39.9 Å². The van der Waals surface area contributed by atoms with Crippen LogP contribution in [0, 0.1) is 0 Å². The summed E-state index contributed by atoms with van der Waals surface area (Å²) in [7, 11) is 3.14. The van der Waals surface area contributed by atoms with Crippen LogP contribution in [0.3, 0.4) is 0 Å². The van der Waals surface area contributed by atoms with Crippen molar-refractivity contribution in [3.05, 3.63) is 18.2 Å². The van der Waals surface area contributed by atoms with E-state index in [2.05, 4.69) is 17.6 Å². The monoisotopic (exact) mass is 310 g/mol. The minimum Gasteiger partial charge on any atom is -0.493 e. The van der Waals surface area contributed by atoms with Crippen molar-refractivity contribution in [3.63, 3.8) is 0 Å². The second kappa shape index (κ2) is 10.6. The molecule has 0 fully saturated rings. The summed E-state index contributed by atoms with van der Waals surface area (Å²) in [5, 5.41) is 5.56. The van der Waals surface area contributed by atoms with E-state index in [0.717, 1.165) is 19.3 Å². The maximum Gasteiger partial charge on any atom is 0.314 e. The van der Waals surface area contributed by atoms with Crippen molar-refractivity contribution < 1.29 is 19.0 Å². The highest BCUT2D eigenvalue weighted by atomic mass is 16.5. The number of amides is 2. The van der Waals surface area contributed by atoms with E-state index in [1.54, 1.807) is 26.4 Å². The molecule has 124 valence electrons. The molecule has 0 aromatic heterocycles. The Kier molecular flexibility index (Phi) is 8.64. The first-order valence-corrected chi connectivity index (χ1v) is 7.58. The molecule has 0 radical (unpaired) electrons. The van der Waals surface area contributed by atoms with Gasteiger partial charge >= 0.3 is 6.03 Å². The van der Waals surface area contributed by atoms with E-state index in [4.69, 9.17) is 14.2 Å². The van der Waals surface area contributed by atoms with Crippen molar-refractivity contribution in [2.75, 3.05) is 33.9 Å². The quantitative estimate of drug-likeness (QED) is 0.652. The van der Waals surface area contributed by atoms with Crippen molar-refractivity contribution in [2.45, 2.75) is 26.2 Å². The largest absolute Gasteiger partial charge is 0.493 e. The van der Waals surface area contributed by atoms with Crippen molar-refractivity contribution >= 4 is 6.03 Å². The standard InChI is InChI=1S/C16H26N2O4/c1-4-5-6-10-17-16(19)18-11-12-22-14-9-7-8-13(20-2)15(14)21-3/h7-9H,4-6,10-12H2,1-3H3,(H2,17,18,19). The number of para-hydroxylation sites is 1. The molecule has 1 aromatic rings. The van der Waals surface area contributed by atoms with E-state index in [1.807, 2.05) is 6.07 Å². The Bertz CT molecular complexity index is 452. The van der Waals surface area contributed by atoms with E-state index < -0.39 is 0 Å². The summed E-state index contributed by atoms with van der Waals surface area (Å²) in [6.07, 6.45) is 3.26. The Labute approximate surface area is 132 Å².